The number of nitrogens with zero attached hydrogens (tertiary/aromatic N) is 1. The lowest BCUT2D eigenvalue weighted by Crippen LogP contribution is -2.31. The van der Waals surface area contributed by atoms with Crippen LogP contribution in [0.5, 0.6) is 0 Å². The first kappa shape index (κ1) is 17.9. The van der Waals surface area contributed by atoms with Crippen molar-refractivity contribution in [1.82, 2.24) is 4.72 Å². The first-order chi connectivity index (χ1) is 9.57. The molecule has 7 nitrogen and oxygen atoms in total. The van der Waals surface area contributed by atoms with E-state index in [-0.39, 0.29) is 26.9 Å². The number of sulfonamides is 1. The van der Waals surface area contributed by atoms with Crippen LogP contribution in [0.25, 0.3) is 0 Å². The summed E-state index contributed by atoms with van der Waals surface area (Å²) in [6.45, 7) is 8.45. The normalized spacial score (nSPS) is 12.4. The van der Waals surface area contributed by atoms with Crippen LogP contribution in [0.2, 0.25) is 0 Å². The van der Waals surface area contributed by atoms with Gasteiger partial charge in [-0.05, 0) is 11.8 Å². The fourth-order valence-corrected chi connectivity index (χ4v) is 4.06. The van der Waals surface area contributed by atoms with Crippen LogP contribution in [-0.4, -0.2) is 26.4 Å². The van der Waals surface area contributed by atoms with Gasteiger partial charge >= 0.3 is 5.69 Å². The maximum Gasteiger partial charge on any atom is 0.304 e. The van der Waals surface area contributed by atoms with Gasteiger partial charge in [-0.25, -0.2) is 13.1 Å². The molecule has 0 aliphatic carbocycles. The Morgan fingerprint density at radius 1 is 1.38 bits per heavy atom. The molecule has 2 N–H and O–H groups in total. The van der Waals surface area contributed by atoms with Gasteiger partial charge in [-0.1, -0.05) is 39.0 Å². The van der Waals surface area contributed by atoms with Gasteiger partial charge in [-0.3, -0.25) is 10.1 Å². The Bertz CT molecular complexity index is 603. The predicted octanol–water partition coefficient (Wildman–Crippen LogP) is 2.80. The quantitative estimate of drug-likeness (QED) is 0.589. The summed E-state index contributed by atoms with van der Waals surface area (Å²) >= 11 is 0.882. The minimum atomic E-state index is -3.73. The van der Waals surface area contributed by atoms with E-state index in [1.807, 2.05) is 27.7 Å². The van der Waals surface area contributed by atoms with Crippen molar-refractivity contribution in [2.24, 2.45) is 5.41 Å². The lowest BCUT2D eigenvalue weighted by Gasteiger charge is -2.18. The Morgan fingerprint density at radius 3 is 2.48 bits per heavy atom. The van der Waals surface area contributed by atoms with Gasteiger partial charge in [0.05, 0.1) is 4.92 Å². The van der Waals surface area contributed by atoms with Gasteiger partial charge < -0.3 is 5.32 Å². The van der Waals surface area contributed by atoms with E-state index in [1.165, 1.54) is 0 Å². The highest BCUT2D eigenvalue weighted by molar-refractivity contribution is 7.91. The fourth-order valence-electron chi connectivity index (χ4n) is 1.38. The molecule has 0 fully saturated rings. The average molecular weight is 335 g/mol. The van der Waals surface area contributed by atoms with E-state index in [4.69, 9.17) is 0 Å². The van der Waals surface area contributed by atoms with Crippen LogP contribution in [0.3, 0.4) is 0 Å². The molecular formula is C12H21N3O4S2. The van der Waals surface area contributed by atoms with Crippen LogP contribution < -0.4 is 10.0 Å². The molecular weight excluding hydrogens is 314 g/mol. The topological polar surface area (TPSA) is 101 Å². The predicted molar refractivity (Wildman–Crippen MR) is 84.4 cm³/mol. The summed E-state index contributed by atoms with van der Waals surface area (Å²) in [5, 5.41) is 14.2. The molecule has 0 aliphatic rings. The van der Waals surface area contributed by atoms with E-state index in [1.54, 1.807) is 0 Å². The van der Waals surface area contributed by atoms with E-state index in [0.29, 0.717) is 6.54 Å². The molecule has 120 valence electrons. The molecule has 0 amide bonds. The summed E-state index contributed by atoms with van der Waals surface area (Å²) in [6, 6.07) is 1.10. The summed E-state index contributed by atoms with van der Waals surface area (Å²) in [4.78, 5) is 10.4. The second-order valence-corrected chi connectivity index (χ2v) is 8.89. The third kappa shape index (κ3) is 5.25. The van der Waals surface area contributed by atoms with Crippen molar-refractivity contribution in [2.45, 2.75) is 38.3 Å². The van der Waals surface area contributed by atoms with Crippen molar-refractivity contribution in [2.75, 3.05) is 18.4 Å². The van der Waals surface area contributed by atoms with E-state index in [9.17, 15) is 18.5 Å². The van der Waals surface area contributed by atoms with E-state index < -0.39 is 14.9 Å². The van der Waals surface area contributed by atoms with Crippen LogP contribution >= 0.6 is 11.3 Å². The van der Waals surface area contributed by atoms with Crippen molar-refractivity contribution < 1.29 is 13.3 Å². The highest BCUT2D eigenvalue weighted by atomic mass is 32.2. The monoisotopic (exact) mass is 335 g/mol. The fraction of sp³-hybridized carbons (Fsp3) is 0.667. The maximum absolute atomic E-state index is 12.2. The first-order valence-electron chi connectivity index (χ1n) is 6.58. The third-order valence-electron chi connectivity index (χ3n) is 2.48. The Hall–Kier alpha value is -1.19. The summed E-state index contributed by atoms with van der Waals surface area (Å²) in [6.07, 6.45) is 0.791. The number of hydrogen-bond acceptors (Lipinski definition) is 6. The summed E-state index contributed by atoms with van der Waals surface area (Å²) < 4.78 is 26.8. The van der Waals surface area contributed by atoms with E-state index >= 15 is 0 Å². The molecule has 21 heavy (non-hydrogen) atoms. The minimum absolute atomic E-state index is 0.0444. The second kappa shape index (κ2) is 6.71. The van der Waals surface area contributed by atoms with Crippen molar-refractivity contribution in [3.05, 3.63) is 16.2 Å². The largest absolute Gasteiger partial charge is 0.371 e. The standard InChI is InChI=1S/C12H21N3O4S2/c1-5-6-13-11-9(15(16)17)7-10(20-11)21(18,19)14-8-12(2,3)4/h7,13-14H,5-6,8H2,1-4H3. The van der Waals surface area contributed by atoms with Crippen LogP contribution in [0, 0.1) is 15.5 Å². The molecule has 0 unspecified atom stereocenters. The zero-order valence-electron chi connectivity index (χ0n) is 12.6. The van der Waals surface area contributed by atoms with Gasteiger partial charge in [0.1, 0.15) is 4.21 Å². The highest BCUT2D eigenvalue weighted by Gasteiger charge is 2.27. The molecule has 0 atom stereocenters. The molecule has 0 aromatic carbocycles. The van der Waals surface area contributed by atoms with E-state index in [0.717, 1.165) is 23.8 Å². The number of hydrogen-bond donors (Lipinski definition) is 2. The van der Waals surface area contributed by atoms with Gasteiger partial charge in [-0.15, -0.1) is 0 Å². The van der Waals surface area contributed by atoms with Gasteiger partial charge in [0.15, 0.2) is 5.00 Å². The zero-order chi connectivity index (χ0) is 16.3. The number of nitrogens with one attached hydrogen (secondary N) is 2. The molecule has 1 rings (SSSR count). The number of nitro groups is 1. The van der Waals surface area contributed by atoms with Crippen LogP contribution in [0.15, 0.2) is 10.3 Å². The molecule has 1 heterocycles. The van der Waals surface area contributed by atoms with Gasteiger partial charge in [0.25, 0.3) is 0 Å². The van der Waals surface area contributed by atoms with Gasteiger partial charge in [0.2, 0.25) is 10.0 Å². The molecule has 0 saturated carbocycles. The summed E-state index contributed by atoms with van der Waals surface area (Å²) in [7, 11) is -3.73. The molecule has 1 aromatic heterocycles. The second-order valence-electron chi connectivity index (χ2n) is 5.85. The average Bonchev–Trinajstić information content (AvgIpc) is 2.78. The highest BCUT2D eigenvalue weighted by Crippen LogP contribution is 2.37. The number of anilines is 1. The Labute approximate surface area is 129 Å². The molecule has 1 aromatic rings. The van der Waals surface area contributed by atoms with Crippen molar-refractivity contribution in [1.29, 1.82) is 0 Å². The zero-order valence-corrected chi connectivity index (χ0v) is 14.2. The van der Waals surface area contributed by atoms with E-state index in [2.05, 4.69) is 10.0 Å². The van der Waals surface area contributed by atoms with Crippen LogP contribution in [0.1, 0.15) is 34.1 Å². The van der Waals surface area contributed by atoms with Gasteiger partial charge in [0, 0.05) is 19.2 Å². The SMILES string of the molecule is CCCNc1sc(S(=O)(=O)NCC(C)(C)C)cc1[N+](=O)[O-]. The van der Waals surface area contributed by atoms with Crippen molar-refractivity contribution >= 4 is 32.0 Å². The molecule has 0 saturated heterocycles. The van der Waals surface area contributed by atoms with Crippen LogP contribution in [-0.2, 0) is 10.0 Å². The lowest BCUT2D eigenvalue weighted by molar-refractivity contribution is -0.383. The Balaban J connectivity index is 3.04. The smallest absolute Gasteiger partial charge is 0.304 e. The van der Waals surface area contributed by atoms with Crippen molar-refractivity contribution in [3.63, 3.8) is 0 Å². The molecule has 0 spiro atoms. The van der Waals surface area contributed by atoms with Crippen molar-refractivity contribution in [3.8, 4) is 0 Å². The summed E-state index contributed by atoms with van der Waals surface area (Å²) in [5.74, 6) is 0. The molecule has 0 radical (unpaired) electrons. The lowest BCUT2D eigenvalue weighted by atomic mass is 9.98. The third-order valence-corrected chi connectivity index (χ3v) is 5.44. The Morgan fingerprint density at radius 2 is 2.00 bits per heavy atom. The number of rotatable bonds is 7. The van der Waals surface area contributed by atoms with Crippen LogP contribution in [0.4, 0.5) is 10.7 Å². The maximum atomic E-state index is 12.2. The summed E-state index contributed by atoms with van der Waals surface area (Å²) in [5.41, 5.74) is -0.413. The Kier molecular flexibility index (Phi) is 5.71. The molecule has 9 heteroatoms. The molecule has 0 bridgehead atoms. The number of thiophene rings is 1. The first-order valence-corrected chi connectivity index (χ1v) is 8.88. The van der Waals surface area contributed by atoms with Gasteiger partial charge in [-0.2, -0.15) is 0 Å². The molecule has 0 aliphatic heterocycles. The minimum Gasteiger partial charge on any atom is -0.371 e.